The molecule has 1 aromatic carbocycles. The lowest BCUT2D eigenvalue weighted by molar-refractivity contribution is 0.155. The molecule has 4 nitrogen and oxygen atoms in total. The third-order valence-corrected chi connectivity index (χ3v) is 6.00. The molecule has 1 aliphatic heterocycles. The minimum atomic E-state index is 0. The summed E-state index contributed by atoms with van der Waals surface area (Å²) >= 11 is 1.78. The molecule has 1 atom stereocenters. The summed E-state index contributed by atoms with van der Waals surface area (Å²) in [4.78, 5) is 12.6. The molecular formula is C21H25ClN4S. The lowest BCUT2D eigenvalue weighted by Gasteiger charge is -2.36. The number of pyridine rings is 1. The Bertz CT molecular complexity index is 835. The van der Waals surface area contributed by atoms with Gasteiger partial charge in [0.25, 0.3) is 0 Å². The summed E-state index contributed by atoms with van der Waals surface area (Å²) in [6, 6.07) is 13.6. The molecule has 0 amide bonds. The maximum atomic E-state index is 4.62. The van der Waals surface area contributed by atoms with Gasteiger partial charge in [-0.05, 0) is 29.7 Å². The van der Waals surface area contributed by atoms with Gasteiger partial charge in [-0.2, -0.15) is 0 Å². The monoisotopic (exact) mass is 400 g/mol. The second-order valence-electron chi connectivity index (χ2n) is 6.65. The quantitative estimate of drug-likeness (QED) is 0.691. The number of rotatable bonds is 5. The van der Waals surface area contributed by atoms with Crippen molar-refractivity contribution in [3.05, 3.63) is 71.0 Å². The fourth-order valence-corrected chi connectivity index (χ4v) is 4.39. The number of thiazole rings is 1. The number of aromatic nitrogens is 2. The Morgan fingerprint density at radius 1 is 1.15 bits per heavy atom. The van der Waals surface area contributed by atoms with Crippen LogP contribution in [0.3, 0.4) is 0 Å². The molecule has 1 unspecified atom stereocenters. The third-order valence-electron chi connectivity index (χ3n) is 4.97. The van der Waals surface area contributed by atoms with E-state index in [0.717, 1.165) is 43.2 Å². The molecule has 0 aliphatic carbocycles. The average Bonchev–Trinajstić information content (AvgIpc) is 3.18. The minimum absolute atomic E-state index is 0. The summed E-state index contributed by atoms with van der Waals surface area (Å²) in [5.41, 5.74) is 3.94. The van der Waals surface area contributed by atoms with Gasteiger partial charge < -0.3 is 5.32 Å². The largest absolute Gasteiger partial charge is 0.314 e. The standard InChI is InChI=1S/C21H24N4S.ClH/c1-2-16-3-5-17(6-4-16)20-14-23-11-12-25(20)15-19-13-24-21(26-19)18-7-9-22-10-8-18;/h3-10,13,20,23H,2,11-12,14-15H2,1H3;1H. The summed E-state index contributed by atoms with van der Waals surface area (Å²) in [5, 5.41) is 4.62. The number of nitrogens with one attached hydrogen (secondary N) is 1. The summed E-state index contributed by atoms with van der Waals surface area (Å²) in [5.74, 6) is 0. The molecular weight excluding hydrogens is 376 g/mol. The van der Waals surface area contributed by atoms with Crippen LogP contribution in [0.25, 0.3) is 10.6 Å². The van der Waals surface area contributed by atoms with Crippen molar-refractivity contribution < 1.29 is 0 Å². The molecule has 2 aromatic heterocycles. The van der Waals surface area contributed by atoms with E-state index in [0.29, 0.717) is 6.04 Å². The van der Waals surface area contributed by atoms with Gasteiger partial charge in [-0.3, -0.25) is 9.88 Å². The first-order chi connectivity index (χ1) is 12.8. The number of nitrogens with zero attached hydrogens (tertiary/aromatic N) is 3. The van der Waals surface area contributed by atoms with Crippen molar-refractivity contribution in [2.24, 2.45) is 0 Å². The molecule has 1 saturated heterocycles. The Hall–Kier alpha value is -1.79. The lowest BCUT2D eigenvalue weighted by atomic mass is 10.0. The van der Waals surface area contributed by atoms with Crippen molar-refractivity contribution in [3.63, 3.8) is 0 Å². The van der Waals surface area contributed by atoms with Gasteiger partial charge in [0.2, 0.25) is 0 Å². The molecule has 0 spiro atoms. The molecule has 6 heteroatoms. The van der Waals surface area contributed by atoms with Gasteiger partial charge in [0, 0.05) is 61.3 Å². The highest BCUT2D eigenvalue weighted by molar-refractivity contribution is 7.15. The van der Waals surface area contributed by atoms with Crippen LogP contribution in [0.5, 0.6) is 0 Å². The van der Waals surface area contributed by atoms with Crippen molar-refractivity contribution in [2.75, 3.05) is 19.6 Å². The average molecular weight is 401 g/mol. The topological polar surface area (TPSA) is 41.0 Å². The second kappa shape index (κ2) is 9.42. The first-order valence-electron chi connectivity index (χ1n) is 9.22. The van der Waals surface area contributed by atoms with Crippen molar-refractivity contribution in [1.82, 2.24) is 20.2 Å². The molecule has 1 fully saturated rings. The van der Waals surface area contributed by atoms with Crippen molar-refractivity contribution >= 4 is 23.7 Å². The molecule has 0 radical (unpaired) electrons. The van der Waals surface area contributed by atoms with Gasteiger partial charge in [0.05, 0.1) is 0 Å². The van der Waals surface area contributed by atoms with Crippen molar-refractivity contribution in [3.8, 4) is 10.6 Å². The van der Waals surface area contributed by atoms with Crippen LogP contribution >= 0.6 is 23.7 Å². The zero-order valence-electron chi connectivity index (χ0n) is 15.5. The number of aryl methyl sites for hydroxylation is 1. The van der Waals surface area contributed by atoms with Gasteiger partial charge in [-0.1, -0.05) is 31.2 Å². The zero-order chi connectivity index (χ0) is 17.8. The molecule has 1 aliphatic rings. The minimum Gasteiger partial charge on any atom is -0.314 e. The molecule has 3 heterocycles. The van der Waals surface area contributed by atoms with Gasteiger partial charge >= 0.3 is 0 Å². The highest BCUT2D eigenvalue weighted by atomic mass is 35.5. The third kappa shape index (κ3) is 4.74. The first-order valence-corrected chi connectivity index (χ1v) is 10.0. The lowest BCUT2D eigenvalue weighted by Crippen LogP contribution is -2.45. The predicted octanol–water partition coefficient (Wildman–Crippen LogP) is 4.34. The van der Waals surface area contributed by atoms with E-state index < -0.39 is 0 Å². The van der Waals surface area contributed by atoms with Crippen LogP contribution in [-0.2, 0) is 13.0 Å². The fourth-order valence-electron chi connectivity index (χ4n) is 3.45. The molecule has 27 heavy (non-hydrogen) atoms. The van der Waals surface area contributed by atoms with E-state index in [9.17, 15) is 0 Å². The molecule has 0 saturated carbocycles. The highest BCUT2D eigenvalue weighted by Crippen LogP contribution is 2.29. The Labute approximate surface area is 171 Å². The van der Waals surface area contributed by atoms with E-state index in [4.69, 9.17) is 0 Å². The predicted molar refractivity (Wildman–Crippen MR) is 114 cm³/mol. The van der Waals surface area contributed by atoms with Gasteiger partial charge in [0.1, 0.15) is 5.01 Å². The van der Waals surface area contributed by atoms with Crippen molar-refractivity contribution in [1.29, 1.82) is 0 Å². The van der Waals surface area contributed by atoms with Crippen LogP contribution in [0.15, 0.2) is 55.0 Å². The Morgan fingerprint density at radius 3 is 2.67 bits per heavy atom. The maximum Gasteiger partial charge on any atom is 0.123 e. The molecule has 4 rings (SSSR count). The molecule has 3 aromatic rings. The normalized spacial score (nSPS) is 17.4. The van der Waals surface area contributed by atoms with Gasteiger partial charge in [-0.25, -0.2) is 4.98 Å². The van der Waals surface area contributed by atoms with E-state index in [1.165, 1.54) is 16.0 Å². The Balaban J connectivity index is 0.00000210. The Kier molecular flexibility index (Phi) is 6.96. The van der Waals surface area contributed by atoms with E-state index in [-0.39, 0.29) is 12.4 Å². The van der Waals surface area contributed by atoms with E-state index >= 15 is 0 Å². The number of hydrogen-bond acceptors (Lipinski definition) is 5. The molecule has 0 bridgehead atoms. The van der Waals surface area contributed by atoms with E-state index in [2.05, 4.69) is 51.4 Å². The molecule has 142 valence electrons. The van der Waals surface area contributed by atoms with Crippen molar-refractivity contribution in [2.45, 2.75) is 25.9 Å². The van der Waals surface area contributed by atoms with Crippen LogP contribution in [-0.4, -0.2) is 34.5 Å². The van der Waals surface area contributed by atoms with Gasteiger partial charge in [-0.15, -0.1) is 23.7 Å². The van der Waals surface area contributed by atoms with Gasteiger partial charge in [0.15, 0.2) is 0 Å². The van der Waals surface area contributed by atoms with Crippen LogP contribution in [0, 0.1) is 0 Å². The number of hydrogen-bond donors (Lipinski definition) is 1. The number of benzene rings is 1. The first kappa shape index (κ1) is 20.0. The summed E-state index contributed by atoms with van der Waals surface area (Å²) < 4.78 is 0. The SMILES string of the molecule is CCc1ccc(C2CNCCN2Cc2cnc(-c3ccncc3)s2)cc1.Cl. The van der Waals surface area contributed by atoms with Crippen LogP contribution in [0.2, 0.25) is 0 Å². The van der Waals surface area contributed by atoms with E-state index in [1.54, 1.807) is 11.3 Å². The maximum absolute atomic E-state index is 4.62. The van der Waals surface area contributed by atoms with Crippen LogP contribution < -0.4 is 5.32 Å². The molecule has 1 N–H and O–H groups in total. The number of halogens is 1. The summed E-state index contributed by atoms with van der Waals surface area (Å²) in [6.45, 7) is 6.25. The van der Waals surface area contributed by atoms with E-state index in [1.807, 2.05) is 30.7 Å². The van der Waals surface area contributed by atoms with Crippen LogP contribution in [0.4, 0.5) is 0 Å². The zero-order valence-corrected chi connectivity index (χ0v) is 17.1. The second-order valence-corrected chi connectivity index (χ2v) is 7.77. The fraction of sp³-hybridized carbons (Fsp3) is 0.333. The smallest absolute Gasteiger partial charge is 0.123 e. The summed E-state index contributed by atoms with van der Waals surface area (Å²) in [7, 11) is 0. The number of piperazine rings is 1. The summed E-state index contributed by atoms with van der Waals surface area (Å²) in [6.07, 6.45) is 6.76. The highest BCUT2D eigenvalue weighted by Gasteiger charge is 2.24. The Morgan fingerprint density at radius 2 is 1.93 bits per heavy atom. The van der Waals surface area contributed by atoms with Crippen LogP contribution in [0.1, 0.15) is 29.0 Å².